The molecule has 2 heterocycles. The van der Waals surface area contributed by atoms with E-state index >= 15 is 0 Å². The zero-order chi connectivity index (χ0) is 18.8. The molecule has 10 heteroatoms. The number of halogens is 1. The van der Waals surface area contributed by atoms with E-state index in [1.54, 1.807) is 6.07 Å². The molecule has 1 aromatic heterocycles. The van der Waals surface area contributed by atoms with Gasteiger partial charge in [-0.25, -0.2) is 13.9 Å². The Morgan fingerprint density at radius 2 is 2.23 bits per heavy atom. The van der Waals surface area contributed by atoms with E-state index in [2.05, 4.69) is 10.3 Å². The van der Waals surface area contributed by atoms with Crippen LogP contribution in [-0.2, 0) is 14.3 Å². The second-order valence-corrected chi connectivity index (χ2v) is 5.89. The summed E-state index contributed by atoms with van der Waals surface area (Å²) >= 11 is 0. The third-order valence-corrected chi connectivity index (χ3v) is 4.32. The van der Waals surface area contributed by atoms with Crippen LogP contribution in [0.1, 0.15) is 6.04 Å². The quantitative estimate of drug-likeness (QED) is 0.666. The number of aliphatic hydroxyl groups is 2. The molecule has 0 saturated carbocycles. The molecule has 0 bridgehead atoms. The van der Waals surface area contributed by atoms with Crippen molar-refractivity contribution in [2.75, 3.05) is 13.7 Å². The van der Waals surface area contributed by atoms with Gasteiger partial charge in [0.25, 0.3) is 0 Å². The molecule has 0 aliphatic carbocycles. The summed E-state index contributed by atoms with van der Waals surface area (Å²) in [5.41, 5.74) is 0.811. The number of methoxy groups -OCH3 is 1. The first-order chi connectivity index (χ1) is 12.5. The van der Waals surface area contributed by atoms with Crippen LogP contribution >= 0.6 is 0 Å². The molecule has 0 radical (unpaired) electrons. The fourth-order valence-corrected chi connectivity index (χ4v) is 3.06. The van der Waals surface area contributed by atoms with Gasteiger partial charge in [0.05, 0.1) is 12.8 Å². The van der Waals surface area contributed by atoms with E-state index < -0.39 is 48.9 Å². The Balaban J connectivity index is 1.98. The Labute approximate surface area is 147 Å². The number of carboxylic acids is 1. The Hall–Kier alpha value is -2.40. The number of ether oxygens (including phenoxy) is 2. The Morgan fingerprint density at radius 3 is 2.85 bits per heavy atom. The number of carboxylic acid groups (broad SMARTS) is 1. The monoisotopic (exact) mass is 367 g/mol. The molecular weight excluding hydrogens is 349 g/mol. The van der Waals surface area contributed by atoms with Crippen LogP contribution in [0.2, 0.25) is 0 Å². The lowest BCUT2D eigenvalue weighted by Crippen LogP contribution is -2.58. The summed E-state index contributed by atoms with van der Waals surface area (Å²) in [5.74, 6) is -1.73. The van der Waals surface area contributed by atoms with E-state index in [-0.39, 0.29) is 0 Å². The first kappa shape index (κ1) is 18.4. The van der Waals surface area contributed by atoms with Crippen LogP contribution in [0.3, 0.4) is 0 Å². The summed E-state index contributed by atoms with van der Waals surface area (Å²) < 4.78 is 25.1. The van der Waals surface area contributed by atoms with Gasteiger partial charge in [0.1, 0.15) is 35.9 Å². The van der Waals surface area contributed by atoms with Gasteiger partial charge in [0.2, 0.25) is 0 Å². The van der Waals surface area contributed by atoms with E-state index in [9.17, 15) is 24.5 Å². The molecule has 2 aromatic rings. The average molecular weight is 367 g/mol. The van der Waals surface area contributed by atoms with Crippen LogP contribution in [0.5, 0.6) is 0 Å². The van der Waals surface area contributed by atoms with Gasteiger partial charge in [0.15, 0.2) is 6.10 Å². The van der Waals surface area contributed by atoms with Gasteiger partial charge < -0.3 is 24.8 Å². The minimum absolute atomic E-state index is 0.338. The Morgan fingerprint density at radius 1 is 1.46 bits per heavy atom. The number of aliphatic carboxylic acids is 1. The number of aromatic nitrogens is 3. The van der Waals surface area contributed by atoms with Crippen molar-refractivity contribution >= 4 is 5.97 Å². The summed E-state index contributed by atoms with van der Waals surface area (Å²) in [6.45, 7) is -0.580. The normalized spacial score (nSPS) is 28.8. The molecular formula is C16H18FN3O6. The van der Waals surface area contributed by atoms with E-state index in [0.29, 0.717) is 11.3 Å². The number of aliphatic hydroxyl groups excluding tert-OH is 2. The van der Waals surface area contributed by atoms with E-state index in [1.807, 2.05) is 0 Å². The number of rotatable bonds is 5. The van der Waals surface area contributed by atoms with Crippen molar-refractivity contribution in [2.45, 2.75) is 30.5 Å². The Bertz CT molecular complexity index is 785. The minimum Gasteiger partial charge on any atom is -0.479 e. The number of hydrogen-bond acceptors (Lipinski definition) is 7. The highest BCUT2D eigenvalue weighted by atomic mass is 19.1. The van der Waals surface area contributed by atoms with Crippen molar-refractivity contribution in [1.29, 1.82) is 0 Å². The highest BCUT2D eigenvalue weighted by Gasteiger charge is 2.49. The lowest BCUT2D eigenvalue weighted by atomic mass is 9.92. The molecule has 140 valence electrons. The third kappa shape index (κ3) is 3.31. The molecule has 1 aliphatic heterocycles. The van der Waals surface area contributed by atoms with Crippen LogP contribution in [0.4, 0.5) is 4.39 Å². The molecule has 0 amide bonds. The topological polar surface area (TPSA) is 127 Å². The molecule has 0 unspecified atom stereocenters. The third-order valence-electron chi connectivity index (χ3n) is 4.32. The lowest BCUT2D eigenvalue weighted by molar-refractivity contribution is -0.220. The van der Waals surface area contributed by atoms with Crippen molar-refractivity contribution in [3.8, 4) is 11.3 Å². The standard InChI is InChI=1S/C16H18FN3O6/c1-25-14-12(13(22)11(7-21)26-15(14)16(23)24)20-6-10(18-19-20)8-3-2-4-9(17)5-8/h2-6,11-15,21-22H,7H2,1H3,(H,23,24)/t11-,12+,13+,14-,15-/m1/s1. The van der Waals surface area contributed by atoms with Crippen LogP contribution in [0.25, 0.3) is 11.3 Å². The van der Waals surface area contributed by atoms with Crippen molar-refractivity contribution in [3.63, 3.8) is 0 Å². The first-order valence-electron chi connectivity index (χ1n) is 7.84. The SMILES string of the molecule is CO[C@@H]1[C@@H](n2cc(-c3cccc(F)c3)nn2)[C@@H](O)[C@@H](CO)O[C@H]1C(=O)O. The van der Waals surface area contributed by atoms with Gasteiger partial charge in [-0.3, -0.25) is 0 Å². The average Bonchev–Trinajstić information content (AvgIpc) is 3.10. The van der Waals surface area contributed by atoms with Gasteiger partial charge in [-0.2, -0.15) is 0 Å². The zero-order valence-corrected chi connectivity index (χ0v) is 13.8. The number of carbonyl (C=O) groups is 1. The summed E-state index contributed by atoms with van der Waals surface area (Å²) in [6.07, 6.45) is -3.45. The van der Waals surface area contributed by atoms with E-state index in [4.69, 9.17) is 9.47 Å². The summed E-state index contributed by atoms with van der Waals surface area (Å²) in [5, 5.41) is 37.1. The molecule has 1 fully saturated rings. The molecule has 1 aromatic carbocycles. The number of nitrogens with zero attached hydrogens (tertiary/aromatic N) is 3. The largest absolute Gasteiger partial charge is 0.479 e. The predicted molar refractivity (Wildman–Crippen MR) is 84.6 cm³/mol. The van der Waals surface area contributed by atoms with Crippen LogP contribution < -0.4 is 0 Å². The van der Waals surface area contributed by atoms with Crippen LogP contribution in [-0.4, -0.2) is 74.4 Å². The van der Waals surface area contributed by atoms with Gasteiger partial charge in [-0.15, -0.1) is 5.10 Å². The smallest absolute Gasteiger partial charge is 0.335 e. The van der Waals surface area contributed by atoms with Crippen LogP contribution in [0, 0.1) is 5.82 Å². The fraction of sp³-hybridized carbons (Fsp3) is 0.438. The van der Waals surface area contributed by atoms with Crippen molar-refractivity contribution in [1.82, 2.24) is 15.0 Å². The maximum absolute atomic E-state index is 13.4. The predicted octanol–water partition coefficient (Wildman–Crippen LogP) is -0.155. The van der Waals surface area contributed by atoms with Crippen molar-refractivity contribution in [2.24, 2.45) is 0 Å². The van der Waals surface area contributed by atoms with Gasteiger partial charge >= 0.3 is 5.97 Å². The highest BCUT2D eigenvalue weighted by molar-refractivity contribution is 5.73. The van der Waals surface area contributed by atoms with E-state index in [1.165, 1.54) is 36.2 Å². The van der Waals surface area contributed by atoms with Gasteiger partial charge in [-0.1, -0.05) is 17.3 Å². The van der Waals surface area contributed by atoms with Crippen molar-refractivity contribution in [3.05, 3.63) is 36.3 Å². The molecule has 5 atom stereocenters. The maximum atomic E-state index is 13.4. The maximum Gasteiger partial charge on any atom is 0.335 e. The summed E-state index contributed by atoms with van der Waals surface area (Å²) in [6, 6.07) is 4.76. The Kier molecular flexibility index (Phi) is 5.28. The van der Waals surface area contributed by atoms with Crippen molar-refractivity contribution < 1.29 is 34.0 Å². The summed E-state index contributed by atoms with van der Waals surface area (Å²) in [7, 11) is 1.29. The summed E-state index contributed by atoms with van der Waals surface area (Å²) in [4.78, 5) is 11.5. The molecule has 26 heavy (non-hydrogen) atoms. The molecule has 3 rings (SSSR count). The van der Waals surface area contributed by atoms with Gasteiger partial charge in [0, 0.05) is 12.7 Å². The molecule has 3 N–H and O–H groups in total. The lowest BCUT2D eigenvalue weighted by Gasteiger charge is -2.41. The fourth-order valence-electron chi connectivity index (χ4n) is 3.06. The minimum atomic E-state index is -1.41. The molecule has 1 saturated heterocycles. The molecule has 1 aliphatic rings. The number of hydrogen-bond donors (Lipinski definition) is 3. The molecule has 9 nitrogen and oxygen atoms in total. The zero-order valence-electron chi connectivity index (χ0n) is 13.8. The highest BCUT2D eigenvalue weighted by Crippen LogP contribution is 2.32. The second kappa shape index (κ2) is 7.46. The van der Waals surface area contributed by atoms with E-state index in [0.717, 1.165) is 0 Å². The molecule has 0 spiro atoms. The number of benzene rings is 1. The first-order valence-corrected chi connectivity index (χ1v) is 7.84. The van der Waals surface area contributed by atoms with Crippen LogP contribution in [0.15, 0.2) is 30.5 Å². The van der Waals surface area contributed by atoms with Gasteiger partial charge in [-0.05, 0) is 12.1 Å². The second-order valence-electron chi connectivity index (χ2n) is 5.89.